The van der Waals surface area contributed by atoms with Crippen molar-refractivity contribution >= 4 is 16.5 Å². The number of pyridine rings is 1. The smallest absolute Gasteiger partial charge is 0.359 e. The van der Waals surface area contributed by atoms with E-state index < -0.39 is 11.6 Å². The molecule has 104 valence electrons. The molecule has 0 saturated heterocycles. The third kappa shape index (κ3) is 1.43. The minimum absolute atomic E-state index is 0.148. The van der Waals surface area contributed by atoms with E-state index in [9.17, 15) is 13.6 Å². The van der Waals surface area contributed by atoms with Gasteiger partial charge in [0.15, 0.2) is 0 Å². The number of fused-ring (bicyclic) bond motifs is 4. The van der Waals surface area contributed by atoms with Crippen LogP contribution >= 0.6 is 0 Å². The van der Waals surface area contributed by atoms with Crippen molar-refractivity contribution < 1.29 is 8.78 Å². The number of anilines is 1. The molecule has 21 heavy (non-hydrogen) atoms. The molecular formula is C16H10F2N2O. The summed E-state index contributed by atoms with van der Waals surface area (Å²) >= 11 is 0. The van der Waals surface area contributed by atoms with E-state index in [0.29, 0.717) is 21.2 Å². The Labute approximate surface area is 118 Å². The van der Waals surface area contributed by atoms with E-state index in [2.05, 4.69) is 0 Å². The highest BCUT2D eigenvalue weighted by Gasteiger charge is 2.45. The zero-order valence-corrected chi connectivity index (χ0v) is 10.8. The van der Waals surface area contributed by atoms with Gasteiger partial charge in [0.1, 0.15) is 0 Å². The lowest BCUT2D eigenvalue weighted by atomic mass is 10.1. The van der Waals surface area contributed by atoms with Gasteiger partial charge in [-0.05, 0) is 23.6 Å². The van der Waals surface area contributed by atoms with Crippen LogP contribution in [0.2, 0.25) is 0 Å². The van der Waals surface area contributed by atoms with Gasteiger partial charge in [0.25, 0.3) is 5.56 Å². The highest BCUT2D eigenvalue weighted by Crippen LogP contribution is 2.44. The maximum atomic E-state index is 14.6. The van der Waals surface area contributed by atoms with Crippen molar-refractivity contribution in [1.29, 1.82) is 0 Å². The summed E-state index contributed by atoms with van der Waals surface area (Å²) in [5, 5.41) is 0.805. The summed E-state index contributed by atoms with van der Waals surface area (Å²) in [6.45, 7) is 0. The van der Waals surface area contributed by atoms with Gasteiger partial charge in [-0.2, -0.15) is 8.78 Å². The Morgan fingerprint density at radius 3 is 2.62 bits per heavy atom. The summed E-state index contributed by atoms with van der Waals surface area (Å²) in [5.41, 5.74) is 5.78. The number of nitrogen functional groups attached to an aromatic ring is 1. The average molecular weight is 284 g/mol. The van der Waals surface area contributed by atoms with Crippen molar-refractivity contribution in [3.05, 3.63) is 64.4 Å². The number of nitrogens with zero attached hydrogens (tertiary/aromatic N) is 1. The second kappa shape index (κ2) is 3.69. The molecule has 0 amide bonds. The summed E-state index contributed by atoms with van der Waals surface area (Å²) in [5.74, 6) is 0. The minimum Gasteiger partial charge on any atom is -0.399 e. The molecule has 3 nitrogen and oxygen atoms in total. The number of halogens is 2. The Morgan fingerprint density at radius 2 is 1.81 bits per heavy atom. The quantitative estimate of drug-likeness (QED) is 0.645. The highest BCUT2D eigenvalue weighted by atomic mass is 19.3. The van der Waals surface area contributed by atoms with E-state index in [1.165, 1.54) is 12.1 Å². The molecule has 4 rings (SSSR count). The van der Waals surface area contributed by atoms with Gasteiger partial charge in [-0.25, -0.2) is 4.57 Å². The fourth-order valence-corrected chi connectivity index (χ4v) is 2.89. The largest absolute Gasteiger partial charge is 0.399 e. The Balaban J connectivity index is 2.21. The molecule has 0 radical (unpaired) electrons. The number of benzene rings is 2. The highest BCUT2D eigenvalue weighted by molar-refractivity contribution is 5.89. The number of rotatable bonds is 0. The van der Waals surface area contributed by atoms with Crippen LogP contribution in [0.5, 0.6) is 0 Å². The summed E-state index contributed by atoms with van der Waals surface area (Å²) in [7, 11) is 0. The first kappa shape index (κ1) is 12.1. The SMILES string of the molecule is Nc1ccc2cc3n(c(=O)c2c1)C(F)(F)c1ccccc1-3. The van der Waals surface area contributed by atoms with Gasteiger partial charge < -0.3 is 5.73 Å². The third-order valence-electron chi connectivity index (χ3n) is 3.85. The topological polar surface area (TPSA) is 48.0 Å². The van der Waals surface area contributed by atoms with Gasteiger partial charge in [-0.15, -0.1) is 0 Å². The molecule has 1 aliphatic rings. The third-order valence-corrected chi connectivity index (χ3v) is 3.85. The first-order valence-electron chi connectivity index (χ1n) is 6.43. The predicted octanol–water partition coefficient (Wildman–Crippen LogP) is 3.16. The van der Waals surface area contributed by atoms with Crippen LogP contribution in [0.1, 0.15) is 5.56 Å². The molecule has 0 bridgehead atoms. The normalized spacial score (nSPS) is 15.0. The molecular weight excluding hydrogens is 274 g/mol. The number of hydrogen-bond acceptors (Lipinski definition) is 2. The van der Waals surface area contributed by atoms with E-state index in [-0.39, 0.29) is 16.6 Å². The van der Waals surface area contributed by atoms with Crippen molar-refractivity contribution in [2.75, 3.05) is 5.73 Å². The van der Waals surface area contributed by atoms with Crippen molar-refractivity contribution in [3.63, 3.8) is 0 Å². The van der Waals surface area contributed by atoms with Gasteiger partial charge in [-0.3, -0.25) is 4.79 Å². The Morgan fingerprint density at radius 1 is 1.05 bits per heavy atom. The monoisotopic (exact) mass is 284 g/mol. The van der Waals surface area contributed by atoms with Gasteiger partial charge in [-0.1, -0.05) is 30.3 Å². The summed E-state index contributed by atoms with van der Waals surface area (Å²) in [4.78, 5) is 12.5. The standard InChI is InChI=1S/C16H10F2N2O/c17-16(18)13-4-2-1-3-11(13)14-7-9-5-6-10(19)8-12(9)15(21)20(14)16/h1-8H,19H2. The molecule has 2 aromatic carbocycles. The lowest BCUT2D eigenvalue weighted by molar-refractivity contribution is -0.0309. The summed E-state index contributed by atoms with van der Waals surface area (Å²) in [6, 6.07) is 9.20. The molecule has 2 heterocycles. The summed E-state index contributed by atoms with van der Waals surface area (Å²) < 4.78 is 29.7. The van der Waals surface area contributed by atoms with Crippen molar-refractivity contribution in [2.24, 2.45) is 0 Å². The minimum atomic E-state index is -3.35. The molecule has 0 fully saturated rings. The lowest BCUT2D eigenvalue weighted by Crippen LogP contribution is -2.32. The number of nitrogens with two attached hydrogens (primary N) is 1. The average Bonchev–Trinajstić information content (AvgIpc) is 2.69. The molecule has 2 N–H and O–H groups in total. The van der Waals surface area contributed by atoms with Crippen LogP contribution in [-0.2, 0) is 6.05 Å². The second-order valence-corrected chi connectivity index (χ2v) is 5.10. The van der Waals surface area contributed by atoms with Gasteiger partial charge >= 0.3 is 6.05 Å². The van der Waals surface area contributed by atoms with E-state index in [4.69, 9.17) is 5.73 Å². The van der Waals surface area contributed by atoms with Crippen LogP contribution in [0.3, 0.4) is 0 Å². The molecule has 0 atom stereocenters. The van der Waals surface area contributed by atoms with Crippen molar-refractivity contribution in [1.82, 2.24) is 4.57 Å². The fourth-order valence-electron chi connectivity index (χ4n) is 2.89. The molecule has 5 heteroatoms. The Bertz CT molecular complexity index is 960. The van der Waals surface area contributed by atoms with Gasteiger partial charge in [0.2, 0.25) is 0 Å². The molecule has 1 aliphatic heterocycles. The summed E-state index contributed by atoms with van der Waals surface area (Å²) in [6.07, 6.45) is 0. The van der Waals surface area contributed by atoms with Crippen molar-refractivity contribution in [2.45, 2.75) is 6.05 Å². The Hall–Kier alpha value is -2.69. The number of hydrogen-bond donors (Lipinski definition) is 1. The van der Waals surface area contributed by atoms with Crippen LogP contribution in [0.15, 0.2) is 53.3 Å². The van der Waals surface area contributed by atoms with Crippen LogP contribution in [-0.4, -0.2) is 4.57 Å². The Kier molecular flexibility index (Phi) is 2.12. The predicted molar refractivity (Wildman–Crippen MR) is 77.3 cm³/mol. The molecule has 0 unspecified atom stereocenters. The van der Waals surface area contributed by atoms with Crippen LogP contribution in [0, 0.1) is 0 Å². The second-order valence-electron chi connectivity index (χ2n) is 5.10. The van der Waals surface area contributed by atoms with Gasteiger partial charge in [0, 0.05) is 16.6 Å². The van der Waals surface area contributed by atoms with E-state index in [0.717, 1.165) is 0 Å². The molecule has 3 aromatic rings. The fraction of sp³-hybridized carbons (Fsp3) is 0.0625. The van der Waals surface area contributed by atoms with Crippen LogP contribution in [0.25, 0.3) is 22.0 Å². The van der Waals surface area contributed by atoms with Crippen LogP contribution in [0.4, 0.5) is 14.5 Å². The van der Waals surface area contributed by atoms with Crippen molar-refractivity contribution in [3.8, 4) is 11.3 Å². The zero-order chi connectivity index (χ0) is 14.8. The van der Waals surface area contributed by atoms with Gasteiger partial charge in [0.05, 0.1) is 11.3 Å². The van der Waals surface area contributed by atoms with E-state index in [1.54, 1.807) is 36.4 Å². The molecule has 0 aliphatic carbocycles. The lowest BCUT2D eigenvalue weighted by Gasteiger charge is -2.15. The van der Waals surface area contributed by atoms with E-state index in [1.807, 2.05) is 0 Å². The van der Waals surface area contributed by atoms with E-state index >= 15 is 0 Å². The first-order chi connectivity index (χ1) is 10.00. The number of aromatic nitrogens is 1. The zero-order valence-electron chi connectivity index (χ0n) is 10.8. The molecule has 0 spiro atoms. The molecule has 1 aromatic heterocycles. The first-order valence-corrected chi connectivity index (χ1v) is 6.43. The maximum absolute atomic E-state index is 14.6. The molecule has 0 saturated carbocycles. The maximum Gasteiger partial charge on any atom is 0.359 e. The number of alkyl halides is 2. The van der Waals surface area contributed by atoms with Crippen LogP contribution < -0.4 is 11.3 Å².